The van der Waals surface area contributed by atoms with Crippen molar-refractivity contribution in [1.82, 2.24) is 29.9 Å². The summed E-state index contributed by atoms with van der Waals surface area (Å²) in [7, 11) is 7.31. The van der Waals surface area contributed by atoms with E-state index in [0.717, 1.165) is 15.9 Å². The fourth-order valence-corrected chi connectivity index (χ4v) is 2.99. The van der Waals surface area contributed by atoms with Gasteiger partial charge < -0.3 is 15.1 Å². The molecule has 0 aliphatic heterocycles. The lowest BCUT2D eigenvalue weighted by Crippen LogP contribution is -2.40. The summed E-state index contributed by atoms with van der Waals surface area (Å²) >= 11 is 3.52. The van der Waals surface area contributed by atoms with Crippen LogP contribution in [0.2, 0.25) is 0 Å². The fraction of sp³-hybridized carbons (Fsp3) is 0.444. The number of aliphatic imine (C=N–C) groups is 1. The van der Waals surface area contributed by atoms with Gasteiger partial charge in [-0.15, -0.1) is 0 Å². The van der Waals surface area contributed by atoms with Crippen molar-refractivity contribution in [3.8, 4) is 0 Å². The second-order valence-corrected chi connectivity index (χ2v) is 7.08. The molecule has 0 aliphatic carbocycles. The molecular weight excluding hydrogens is 410 g/mol. The number of aromatic nitrogens is 3. The van der Waals surface area contributed by atoms with Crippen molar-refractivity contribution >= 4 is 27.8 Å². The van der Waals surface area contributed by atoms with Gasteiger partial charge in [-0.3, -0.25) is 14.5 Å². The number of amides is 1. The number of nitrogens with zero attached hydrogens (tertiary/aromatic N) is 6. The molecule has 0 unspecified atom stereocenters. The van der Waals surface area contributed by atoms with Gasteiger partial charge in [-0.25, -0.2) is 4.98 Å². The third kappa shape index (κ3) is 6.06. The van der Waals surface area contributed by atoms with Gasteiger partial charge in [0.15, 0.2) is 5.96 Å². The van der Waals surface area contributed by atoms with Crippen LogP contribution in [-0.2, 0) is 24.9 Å². The lowest BCUT2D eigenvalue weighted by atomic mass is 10.2. The van der Waals surface area contributed by atoms with Crippen LogP contribution in [0.4, 0.5) is 0 Å². The number of benzene rings is 1. The Labute approximate surface area is 168 Å². The van der Waals surface area contributed by atoms with Crippen LogP contribution in [-0.4, -0.2) is 64.1 Å². The normalized spacial score (nSPS) is 11.4. The Morgan fingerprint density at radius 2 is 2.00 bits per heavy atom. The molecule has 1 N–H and O–H groups in total. The molecule has 1 amide bonds. The van der Waals surface area contributed by atoms with E-state index in [1.54, 1.807) is 16.6 Å². The van der Waals surface area contributed by atoms with Crippen molar-refractivity contribution in [1.29, 1.82) is 0 Å². The Bertz CT molecular complexity index is 790. The number of rotatable bonds is 7. The largest absolute Gasteiger partial charge is 0.356 e. The Hall–Kier alpha value is -2.42. The van der Waals surface area contributed by atoms with Crippen LogP contribution in [0.1, 0.15) is 17.8 Å². The van der Waals surface area contributed by atoms with Gasteiger partial charge in [0.25, 0.3) is 0 Å². The Kier molecular flexibility index (Phi) is 7.78. The average molecular weight is 436 g/mol. The quantitative estimate of drug-likeness (QED) is 0.528. The van der Waals surface area contributed by atoms with Crippen molar-refractivity contribution < 1.29 is 4.79 Å². The van der Waals surface area contributed by atoms with E-state index in [1.807, 2.05) is 50.3 Å². The number of carbonyl (C=O) groups excluding carboxylic acids is 1. The number of carbonyl (C=O) groups is 1. The Balaban J connectivity index is 1.80. The maximum absolute atomic E-state index is 12.4. The lowest BCUT2D eigenvalue weighted by Gasteiger charge is -2.22. The van der Waals surface area contributed by atoms with Crippen molar-refractivity contribution in [3.05, 3.63) is 46.5 Å². The van der Waals surface area contributed by atoms with Gasteiger partial charge in [0, 0.05) is 52.2 Å². The van der Waals surface area contributed by atoms with Crippen molar-refractivity contribution in [2.24, 2.45) is 12.0 Å². The van der Waals surface area contributed by atoms with Crippen LogP contribution < -0.4 is 5.32 Å². The number of hydrogen-bond donors (Lipinski definition) is 1. The first-order chi connectivity index (χ1) is 12.9. The molecule has 0 fully saturated rings. The summed E-state index contributed by atoms with van der Waals surface area (Å²) in [4.78, 5) is 24.5. The van der Waals surface area contributed by atoms with Crippen molar-refractivity contribution in [3.63, 3.8) is 0 Å². The zero-order valence-corrected chi connectivity index (χ0v) is 17.8. The molecule has 1 heterocycles. The van der Waals surface area contributed by atoms with Gasteiger partial charge in [0.2, 0.25) is 5.91 Å². The first kappa shape index (κ1) is 20.9. The lowest BCUT2D eigenvalue weighted by molar-refractivity contribution is -0.130. The molecule has 0 saturated heterocycles. The summed E-state index contributed by atoms with van der Waals surface area (Å²) in [6, 6.07) is 7.92. The van der Waals surface area contributed by atoms with Gasteiger partial charge in [0.05, 0.1) is 6.54 Å². The summed E-state index contributed by atoms with van der Waals surface area (Å²) < 4.78 is 2.73. The monoisotopic (exact) mass is 435 g/mol. The topological polar surface area (TPSA) is 78.7 Å². The van der Waals surface area contributed by atoms with E-state index >= 15 is 0 Å². The predicted molar refractivity (Wildman–Crippen MR) is 109 cm³/mol. The molecule has 0 saturated carbocycles. The molecule has 146 valence electrons. The molecule has 9 heteroatoms. The SMILES string of the molecule is CN=C(NCCC(=O)N(C)Cc1ccccc1Br)N(C)Cc1ncnn1C. The third-order valence-corrected chi connectivity index (χ3v) is 4.94. The van der Waals surface area contributed by atoms with E-state index in [2.05, 4.69) is 36.3 Å². The number of nitrogens with one attached hydrogen (secondary N) is 1. The van der Waals surface area contributed by atoms with Crippen LogP contribution in [0.25, 0.3) is 0 Å². The molecule has 0 atom stereocenters. The molecule has 2 aromatic rings. The van der Waals surface area contributed by atoms with Crippen LogP contribution in [0.15, 0.2) is 40.1 Å². The minimum atomic E-state index is 0.0738. The van der Waals surface area contributed by atoms with E-state index in [0.29, 0.717) is 32.0 Å². The standard InChI is InChI=1S/C18H26BrN7O/c1-20-18(25(3)12-16-22-13-23-26(16)4)21-10-9-17(27)24(2)11-14-7-5-6-8-15(14)19/h5-8,13H,9-12H2,1-4H3,(H,20,21). The molecule has 2 rings (SSSR count). The van der Waals surface area contributed by atoms with Gasteiger partial charge >= 0.3 is 0 Å². The predicted octanol–water partition coefficient (Wildman–Crippen LogP) is 1.63. The van der Waals surface area contributed by atoms with E-state index in [-0.39, 0.29) is 5.91 Å². The molecule has 0 aliphatic rings. The summed E-state index contributed by atoms with van der Waals surface area (Å²) in [5.41, 5.74) is 1.08. The first-order valence-corrected chi connectivity index (χ1v) is 9.43. The van der Waals surface area contributed by atoms with Crippen LogP contribution in [0.5, 0.6) is 0 Å². The maximum Gasteiger partial charge on any atom is 0.224 e. The Morgan fingerprint density at radius 1 is 1.26 bits per heavy atom. The summed E-state index contributed by atoms with van der Waals surface area (Å²) in [5, 5.41) is 7.29. The minimum absolute atomic E-state index is 0.0738. The number of guanidine groups is 1. The highest BCUT2D eigenvalue weighted by molar-refractivity contribution is 9.10. The zero-order valence-electron chi connectivity index (χ0n) is 16.2. The van der Waals surface area contributed by atoms with E-state index in [9.17, 15) is 4.79 Å². The smallest absolute Gasteiger partial charge is 0.224 e. The van der Waals surface area contributed by atoms with Crippen LogP contribution >= 0.6 is 15.9 Å². The van der Waals surface area contributed by atoms with Gasteiger partial charge in [-0.1, -0.05) is 34.1 Å². The molecule has 8 nitrogen and oxygen atoms in total. The molecule has 1 aromatic heterocycles. The average Bonchev–Trinajstić information content (AvgIpc) is 3.05. The molecule has 0 radical (unpaired) electrons. The highest BCUT2D eigenvalue weighted by Crippen LogP contribution is 2.17. The number of hydrogen-bond acceptors (Lipinski definition) is 4. The molecule has 1 aromatic carbocycles. The summed E-state index contributed by atoms with van der Waals surface area (Å²) in [6.45, 7) is 1.65. The van der Waals surface area contributed by atoms with E-state index in [1.165, 1.54) is 6.33 Å². The third-order valence-electron chi connectivity index (χ3n) is 4.17. The maximum atomic E-state index is 12.4. The van der Waals surface area contributed by atoms with Gasteiger partial charge in [-0.2, -0.15) is 5.10 Å². The fourth-order valence-electron chi connectivity index (χ4n) is 2.58. The first-order valence-electron chi connectivity index (χ1n) is 8.64. The van der Waals surface area contributed by atoms with Crippen LogP contribution in [0, 0.1) is 0 Å². The second kappa shape index (κ2) is 10.1. The molecule has 0 spiro atoms. The number of aryl methyl sites for hydroxylation is 1. The highest BCUT2D eigenvalue weighted by atomic mass is 79.9. The summed E-state index contributed by atoms with van der Waals surface area (Å²) in [6.07, 6.45) is 1.91. The Morgan fingerprint density at radius 3 is 2.63 bits per heavy atom. The minimum Gasteiger partial charge on any atom is -0.356 e. The second-order valence-electron chi connectivity index (χ2n) is 6.22. The molecule has 27 heavy (non-hydrogen) atoms. The van der Waals surface area contributed by atoms with Crippen molar-refractivity contribution in [2.75, 3.05) is 27.7 Å². The van der Waals surface area contributed by atoms with Gasteiger partial charge in [0.1, 0.15) is 12.2 Å². The van der Waals surface area contributed by atoms with Crippen LogP contribution in [0.3, 0.4) is 0 Å². The van der Waals surface area contributed by atoms with E-state index < -0.39 is 0 Å². The highest BCUT2D eigenvalue weighted by Gasteiger charge is 2.13. The van der Waals surface area contributed by atoms with Crippen molar-refractivity contribution in [2.45, 2.75) is 19.5 Å². The summed E-state index contributed by atoms with van der Waals surface area (Å²) in [5.74, 6) is 1.62. The molecule has 0 bridgehead atoms. The van der Waals surface area contributed by atoms with E-state index in [4.69, 9.17) is 0 Å². The molecular formula is C18H26BrN7O. The van der Waals surface area contributed by atoms with Gasteiger partial charge in [-0.05, 0) is 11.6 Å². The zero-order chi connectivity index (χ0) is 19.8. The number of halogens is 1.